The van der Waals surface area contributed by atoms with Crippen LogP contribution in [-0.4, -0.2) is 31.6 Å². The molecule has 0 saturated carbocycles. The lowest BCUT2D eigenvalue weighted by molar-refractivity contribution is -0.318. The SMILES string of the molecule is CC(C)(C)[Si](C)(C)O[C@@H]1C=C[C@@]2(O1)O[C@@H](c1ccco1)CC[C@@H]2O. The summed E-state index contributed by atoms with van der Waals surface area (Å²) in [6.45, 7) is 10.9. The first-order chi connectivity index (χ1) is 11.1. The predicted octanol–water partition coefficient (Wildman–Crippen LogP) is 4.12. The molecule has 5 nitrogen and oxygen atoms in total. The Kier molecular flexibility index (Phi) is 4.55. The van der Waals surface area contributed by atoms with E-state index in [2.05, 4.69) is 33.9 Å². The topological polar surface area (TPSA) is 61.1 Å². The van der Waals surface area contributed by atoms with Crippen LogP contribution in [0.2, 0.25) is 18.1 Å². The van der Waals surface area contributed by atoms with Gasteiger partial charge in [0.2, 0.25) is 5.79 Å². The molecule has 3 rings (SSSR count). The Labute approximate surface area is 144 Å². The number of ether oxygens (including phenoxy) is 2. The molecule has 6 heteroatoms. The molecule has 3 heterocycles. The van der Waals surface area contributed by atoms with Gasteiger partial charge in [-0.2, -0.15) is 0 Å². The van der Waals surface area contributed by atoms with Crippen molar-refractivity contribution < 1.29 is 23.4 Å². The molecule has 4 atom stereocenters. The van der Waals surface area contributed by atoms with Gasteiger partial charge in [-0.3, -0.25) is 0 Å². The van der Waals surface area contributed by atoms with Crippen molar-refractivity contribution in [2.45, 2.75) is 76.0 Å². The molecular weight excluding hydrogens is 324 g/mol. The third kappa shape index (κ3) is 3.26. The summed E-state index contributed by atoms with van der Waals surface area (Å²) in [6.07, 6.45) is 5.14. The van der Waals surface area contributed by atoms with Gasteiger partial charge in [0, 0.05) is 0 Å². The van der Waals surface area contributed by atoms with E-state index >= 15 is 0 Å². The first kappa shape index (κ1) is 17.9. The summed E-state index contributed by atoms with van der Waals surface area (Å²) in [4.78, 5) is 0. The Hall–Kier alpha value is -0.923. The standard InChI is InChI=1S/C18H28O5Si/c1-17(2,3)24(4,5)23-16-10-11-18(22-16)15(19)9-8-14(21-18)13-7-6-12-20-13/h6-7,10-12,14-16,19H,8-9H2,1-5H3/t14-,15+,16-,18+/m1/s1. The van der Waals surface area contributed by atoms with Crippen LogP contribution in [0.1, 0.15) is 45.5 Å². The molecule has 1 fully saturated rings. The van der Waals surface area contributed by atoms with Crippen LogP contribution < -0.4 is 0 Å². The molecule has 1 N–H and O–H groups in total. The highest BCUT2D eigenvalue weighted by atomic mass is 28.4. The van der Waals surface area contributed by atoms with Crippen molar-refractivity contribution in [3.05, 3.63) is 36.3 Å². The van der Waals surface area contributed by atoms with Gasteiger partial charge in [0.1, 0.15) is 18.0 Å². The maximum atomic E-state index is 10.5. The van der Waals surface area contributed by atoms with Crippen LogP contribution in [0.5, 0.6) is 0 Å². The fourth-order valence-corrected chi connectivity index (χ4v) is 3.87. The Morgan fingerprint density at radius 1 is 1.25 bits per heavy atom. The second-order valence-electron chi connectivity index (χ2n) is 8.16. The Balaban J connectivity index is 1.72. The second-order valence-corrected chi connectivity index (χ2v) is 12.9. The molecule has 1 spiro atoms. The maximum absolute atomic E-state index is 10.5. The van der Waals surface area contributed by atoms with E-state index in [4.69, 9.17) is 18.3 Å². The molecule has 0 unspecified atom stereocenters. The van der Waals surface area contributed by atoms with Gasteiger partial charge >= 0.3 is 0 Å². The van der Waals surface area contributed by atoms with Crippen molar-refractivity contribution in [1.29, 1.82) is 0 Å². The third-order valence-corrected chi connectivity index (χ3v) is 9.79. The van der Waals surface area contributed by atoms with Gasteiger partial charge in [-0.1, -0.05) is 20.8 Å². The smallest absolute Gasteiger partial charge is 0.218 e. The lowest BCUT2D eigenvalue weighted by Gasteiger charge is -2.42. The molecule has 1 saturated heterocycles. The first-order valence-electron chi connectivity index (χ1n) is 8.57. The lowest BCUT2D eigenvalue weighted by Crippen LogP contribution is -2.51. The van der Waals surface area contributed by atoms with Gasteiger partial charge in [-0.05, 0) is 55.3 Å². The monoisotopic (exact) mass is 352 g/mol. The number of aliphatic hydroxyl groups is 1. The number of rotatable bonds is 3. The fraction of sp³-hybridized carbons (Fsp3) is 0.667. The molecule has 0 aliphatic carbocycles. The highest BCUT2D eigenvalue weighted by Gasteiger charge is 2.51. The number of hydrogen-bond donors (Lipinski definition) is 1. The first-order valence-corrected chi connectivity index (χ1v) is 11.5. The molecule has 1 aromatic rings. The van der Waals surface area contributed by atoms with Gasteiger partial charge in [0.25, 0.3) is 0 Å². The van der Waals surface area contributed by atoms with Crippen molar-refractivity contribution >= 4 is 8.32 Å². The van der Waals surface area contributed by atoms with Gasteiger partial charge in [0.05, 0.1) is 6.26 Å². The summed E-state index contributed by atoms with van der Waals surface area (Å²) >= 11 is 0. The molecule has 2 aliphatic heterocycles. The third-order valence-electron chi connectivity index (χ3n) is 5.36. The van der Waals surface area contributed by atoms with Crippen molar-refractivity contribution in [2.24, 2.45) is 0 Å². The predicted molar refractivity (Wildman–Crippen MR) is 92.8 cm³/mol. The van der Waals surface area contributed by atoms with E-state index in [0.717, 1.165) is 5.76 Å². The van der Waals surface area contributed by atoms with E-state index in [-0.39, 0.29) is 11.1 Å². The summed E-state index contributed by atoms with van der Waals surface area (Å²) in [5.74, 6) is -0.394. The van der Waals surface area contributed by atoms with Gasteiger partial charge in [-0.25, -0.2) is 0 Å². The average Bonchev–Trinajstić information content (AvgIpc) is 3.11. The van der Waals surface area contributed by atoms with E-state index in [1.807, 2.05) is 18.2 Å². The van der Waals surface area contributed by atoms with Crippen molar-refractivity contribution in [2.75, 3.05) is 0 Å². The molecule has 24 heavy (non-hydrogen) atoms. The van der Waals surface area contributed by atoms with Crippen LogP contribution in [0, 0.1) is 0 Å². The lowest BCUT2D eigenvalue weighted by atomic mass is 9.97. The zero-order valence-corrected chi connectivity index (χ0v) is 16.1. The summed E-state index contributed by atoms with van der Waals surface area (Å²) < 4.78 is 23.9. The van der Waals surface area contributed by atoms with Gasteiger partial charge in [0.15, 0.2) is 14.6 Å². The summed E-state index contributed by atoms with van der Waals surface area (Å²) in [7, 11) is -1.97. The molecular formula is C18H28O5Si. The van der Waals surface area contributed by atoms with Crippen molar-refractivity contribution in [1.82, 2.24) is 0 Å². The number of furan rings is 1. The van der Waals surface area contributed by atoms with E-state index in [1.54, 1.807) is 12.3 Å². The molecule has 0 radical (unpaired) electrons. The van der Waals surface area contributed by atoms with Crippen molar-refractivity contribution in [3.8, 4) is 0 Å². The van der Waals surface area contributed by atoms with Gasteiger partial charge in [-0.15, -0.1) is 0 Å². The second kappa shape index (κ2) is 6.11. The molecule has 0 amide bonds. The maximum Gasteiger partial charge on any atom is 0.218 e. The van der Waals surface area contributed by atoms with E-state index in [9.17, 15) is 5.11 Å². The van der Waals surface area contributed by atoms with Crippen LogP contribution in [0.15, 0.2) is 35.0 Å². The highest BCUT2D eigenvalue weighted by molar-refractivity contribution is 6.74. The highest BCUT2D eigenvalue weighted by Crippen LogP contribution is 2.44. The zero-order valence-electron chi connectivity index (χ0n) is 15.1. The summed E-state index contributed by atoms with van der Waals surface area (Å²) in [5.41, 5.74) is 0. The number of aliphatic hydroxyl groups excluding tert-OH is 1. The molecule has 2 aliphatic rings. The summed E-state index contributed by atoms with van der Waals surface area (Å²) in [6, 6.07) is 3.73. The van der Waals surface area contributed by atoms with Crippen LogP contribution >= 0.6 is 0 Å². The zero-order chi connectivity index (χ0) is 17.6. The van der Waals surface area contributed by atoms with Crippen LogP contribution in [0.3, 0.4) is 0 Å². The molecule has 134 valence electrons. The molecule has 0 aromatic carbocycles. The summed E-state index contributed by atoms with van der Waals surface area (Å²) in [5, 5.41) is 10.6. The average molecular weight is 353 g/mol. The fourth-order valence-electron chi connectivity index (χ4n) is 2.81. The molecule has 0 bridgehead atoms. The van der Waals surface area contributed by atoms with E-state index in [0.29, 0.717) is 12.8 Å². The van der Waals surface area contributed by atoms with Crippen LogP contribution in [-0.2, 0) is 13.9 Å². The Morgan fingerprint density at radius 2 is 2.00 bits per heavy atom. The van der Waals surface area contributed by atoms with Crippen LogP contribution in [0.25, 0.3) is 0 Å². The normalized spacial score (nSPS) is 34.2. The van der Waals surface area contributed by atoms with Gasteiger partial charge < -0.3 is 23.4 Å². The minimum absolute atomic E-state index is 0.0860. The van der Waals surface area contributed by atoms with E-state index < -0.39 is 26.5 Å². The number of hydrogen-bond acceptors (Lipinski definition) is 5. The quantitative estimate of drug-likeness (QED) is 0.655. The van der Waals surface area contributed by atoms with Crippen LogP contribution in [0.4, 0.5) is 0 Å². The Bertz CT molecular complexity index is 589. The largest absolute Gasteiger partial charge is 0.467 e. The van der Waals surface area contributed by atoms with Crippen molar-refractivity contribution in [3.63, 3.8) is 0 Å². The molecule has 1 aromatic heterocycles. The minimum atomic E-state index is -1.97. The Morgan fingerprint density at radius 3 is 2.62 bits per heavy atom. The van der Waals surface area contributed by atoms with E-state index in [1.165, 1.54) is 0 Å². The minimum Gasteiger partial charge on any atom is -0.467 e.